The highest BCUT2D eigenvalue weighted by molar-refractivity contribution is 7.94. The van der Waals surface area contributed by atoms with Crippen LogP contribution in [0.25, 0.3) is 6.08 Å². The van der Waals surface area contributed by atoms with Crippen LogP contribution in [0.2, 0.25) is 0 Å². The summed E-state index contributed by atoms with van der Waals surface area (Å²) in [5, 5.41) is 13.9. The van der Waals surface area contributed by atoms with E-state index >= 15 is 0 Å². The number of sulfone groups is 1. The molecule has 0 unspecified atom stereocenters. The third-order valence-electron chi connectivity index (χ3n) is 5.69. The first-order valence-corrected chi connectivity index (χ1v) is 16.0. The Morgan fingerprint density at radius 1 is 1.27 bits per heavy atom. The molecule has 1 atom stereocenters. The second-order valence-electron chi connectivity index (χ2n) is 9.41. The molecule has 0 fully saturated rings. The van der Waals surface area contributed by atoms with Crippen LogP contribution in [0.5, 0.6) is 11.5 Å². The number of fused-ring (bicyclic) bond motifs is 1. The molecule has 10 nitrogen and oxygen atoms in total. The lowest BCUT2D eigenvalue weighted by atomic mass is 10.0. The average molecular weight is 598 g/mol. The van der Waals surface area contributed by atoms with E-state index in [1.807, 2.05) is 19.1 Å². The van der Waals surface area contributed by atoms with E-state index in [-0.39, 0.29) is 42.0 Å². The Kier molecular flexibility index (Phi) is 15.0. The first kappa shape index (κ1) is 33.6. The van der Waals surface area contributed by atoms with Crippen molar-refractivity contribution in [3.8, 4) is 11.5 Å². The maximum atomic E-state index is 12.8. The third-order valence-corrected chi connectivity index (χ3v) is 7.39. The number of phenolic OH excluding ortho intramolecular Hbond substituents is 1. The number of allylic oxidation sites excluding steroid dienone is 3. The fourth-order valence-corrected chi connectivity index (χ4v) is 4.71. The van der Waals surface area contributed by atoms with Crippen molar-refractivity contribution in [1.82, 2.24) is 5.32 Å². The number of ketones is 1. The van der Waals surface area contributed by atoms with Crippen LogP contribution in [0.4, 0.5) is 0 Å². The summed E-state index contributed by atoms with van der Waals surface area (Å²) in [7, 11) is -1.65. The van der Waals surface area contributed by atoms with Crippen LogP contribution in [-0.4, -0.2) is 76.5 Å². The number of rotatable bonds is 13. The molecule has 0 bridgehead atoms. The monoisotopic (exact) mass is 597 g/mol. The van der Waals surface area contributed by atoms with Crippen LogP contribution in [-0.2, 0) is 28.6 Å². The van der Waals surface area contributed by atoms with Gasteiger partial charge in [0.25, 0.3) is 0 Å². The fraction of sp³-hybridized carbons (Fsp3) is 0.500. The molecule has 0 spiro atoms. The summed E-state index contributed by atoms with van der Waals surface area (Å²) in [5.41, 5.74) is 1.47. The predicted octanol–water partition coefficient (Wildman–Crippen LogP) is 4.06. The highest BCUT2D eigenvalue weighted by atomic mass is 32.2. The van der Waals surface area contributed by atoms with E-state index in [0.29, 0.717) is 55.8 Å². The number of benzene rings is 1. The van der Waals surface area contributed by atoms with Gasteiger partial charge in [0.2, 0.25) is 0 Å². The van der Waals surface area contributed by atoms with Crippen molar-refractivity contribution in [2.75, 3.05) is 51.2 Å². The van der Waals surface area contributed by atoms with E-state index in [0.717, 1.165) is 17.6 Å². The summed E-state index contributed by atoms with van der Waals surface area (Å²) in [4.78, 5) is 29.3. The molecule has 222 valence electrons. The summed E-state index contributed by atoms with van der Waals surface area (Å²) >= 11 is 1.10. The van der Waals surface area contributed by atoms with Crippen LogP contribution in [0.3, 0.4) is 0 Å². The molecule has 2 rings (SSSR count). The first-order chi connectivity index (χ1) is 19.1. The minimum Gasteiger partial charge on any atom is -0.507 e. The van der Waals surface area contributed by atoms with Gasteiger partial charge in [-0.15, -0.1) is 0 Å². The molecule has 1 heterocycles. The van der Waals surface area contributed by atoms with E-state index in [9.17, 15) is 23.1 Å². The first-order valence-electron chi connectivity index (χ1n) is 13.0. The summed E-state index contributed by atoms with van der Waals surface area (Å²) in [5.74, 6) is -0.0661. The Morgan fingerprint density at radius 2 is 2.08 bits per heavy atom. The Morgan fingerprint density at radius 3 is 2.83 bits per heavy atom. The molecule has 1 aliphatic heterocycles. The number of cyclic esters (lactones) is 1. The van der Waals surface area contributed by atoms with Gasteiger partial charge < -0.3 is 19.9 Å². The summed E-state index contributed by atoms with van der Waals surface area (Å²) in [6, 6.07) is 3.05. The van der Waals surface area contributed by atoms with Gasteiger partial charge in [0.05, 0.1) is 19.5 Å². The summed E-state index contributed by atoms with van der Waals surface area (Å²) < 4.78 is 38.9. The van der Waals surface area contributed by atoms with Gasteiger partial charge >= 0.3 is 5.97 Å². The Bertz CT molecular complexity index is 1180. The van der Waals surface area contributed by atoms with Crippen LogP contribution in [0, 0.1) is 5.92 Å². The highest BCUT2D eigenvalue weighted by Gasteiger charge is 2.19. The van der Waals surface area contributed by atoms with Crippen LogP contribution in [0.15, 0.2) is 42.0 Å². The molecule has 0 saturated heterocycles. The van der Waals surface area contributed by atoms with Gasteiger partial charge in [0.15, 0.2) is 5.78 Å². The van der Waals surface area contributed by atoms with Crippen LogP contribution < -0.4 is 10.1 Å². The molecule has 0 aromatic heterocycles. The average Bonchev–Trinajstić information content (AvgIpc) is 2.88. The van der Waals surface area contributed by atoms with E-state index < -0.39 is 15.8 Å². The molecular formula is C28H39NO9S2. The SMILES string of the molecule is COOSC/C(=C/CCS(C)(=O)=O)CNCCOc1cc(O)c2c(c1)/C=C/CCCC(=O)/C=C\[C@@H](C)COC2=O. The summed E-state index contributed by atoms with van der Waals surface area (Å²) in [6.07, 6.45) is 12.0. The van der Waals surface area contributed by atoms with Gasteiger partial charge in [0.1, 0.15) is 33.5 Å². The number of nitrogens with one attached hydrogen (secondary N) is 1. The van der Waals surface area contributed by atoms with Crippen molar-refractivity contribution in [2.24, 2.45) is 5.92 Å². The number of aromatic hydroxyl groups is 1. The molecule has 2 N–H and O–H groups in total. The molecule has 0 radical (unpaired) electrons. The van der Waals surface area contributed by atoms with Crippen molar-refractivity contribution in [3.05, 3.63) is 53.1 Å². The Balaban J connectivity index is 2.02. The topological polar surface area (TPSA) is 137 Å². The second kappa shape index (κ2) is 17.9. The Hall–Kier alpha value is -2.64. The minimum atomic E-state index is -3.06. The minimum absolute atomic E-state index is 0.0320. The smallest absolute Gasteiger partial charge is 0.342 e. The largest absolute Gasteiger partial charge is 0.507 e. The molecule has 0 amide bonds. The lowest BCUT2D eigenvalue weighted by Crippen LogP contribution is -2.24. The van der Waals surface area contributed by atoms with Gasteiger partial charge in [0, 0.05) is 55.5 Å². The van der Waals surface area contributed by atoms with Crippen molar-refractivity contribution in [2.45, 2.75) is 32.6 Å². The van der Waals surface area contributed by atoms with Gasteiger partial charge in [-0.2, -0.15) is 4.33 Å². The third kappa shape index (κ3) is 13.6. The van der Waals surface area contributed by atoms with Gasteiger partial charge in [-0.3, -0.25) is 4.79 Å². The number of esters is 1. The lowest BCUT2D eigenvalue weighted by molar-refractivity contribution is -0.159. The molecule has 12 heteroatoms. The molecule has 1 aromatic rings. The zero-order valence-corrected chi connectivity index (χ0v) is 24.9. The van der Waals surface area contributed by atoms with E-state index in [1.54, 1.807) is 18.2 Å². The van der Waals surface area contributed by atoms with Crippen molar-refractivity contribution < 1.29 is 41.8 Å². The van der Waals surface area contributed by atoms with Gasteiger partial charge in [-0.25, -0.2) is 18.1 Å². The van der Waals surface area contributed by atoms with Gasteiger partial charge in [-0.05, 0) is 42.5 Å². The molecule has 40 heavy (non-hydrogen) atoms. The molecule has 0 aliphatic carbocycles. The number of hydrogen-bond donors (Lipinski definition) is 2. The number of ether oxygens (including phenoxy) is 2. The second-order valence-corrected chi connectivity index (χ2v) is 12.3. The van der Waals surface area contributed by atoms with Crippen LogP contribution in [0.1, 0.15) is 48.5 Å². The van der Waals surface area contributed by atoms with Crippen molar-refractivity contribution in [1.29, 1.82) is 0 Å². The fourth-order valence-electron chi connectivity index (χ4n) is 3.65. The highest BCUT2D eigenvalue weighted by Crippen LogP contribution is 2.30. The van der Waals surface area contributed by atoms with Crippen molar-refractivity contribution >= 4 is 39.7 Å². The number of carbonyl (C=O) groups is 2. The zero-order valence-electron chi connectivity index (χ0n) is 23.2. The number of phenols is 1. The lowest BCUT2D eigenvalue weighted by Gasteiger charge is -2.14. The zero-order chi connectivity index (χ0) is 29.4. The van der Waals surface area contributed by atoms with E-state index in [2.05, 4.69) is 10.2 Å². The molecule has 0 saturated carbocycles. The van der Waals surface area contributed by atoms with Crippen molar-refractivity contribution in [3.63, 3.8) is 0 Å². The van der Waals surface area contributed by atoms with Crippen LogP contribution >= 0.6 is 12.0 Å². The van der Waals surface area contributed by atoms with E-state index in [4.69, 9.17) is 13.8 Å². The van der Waals surface area contributed by atoms with Gasteiger partial charge in [-0.1, -0.05) is 31.2 Å². The molecule has 1 aromatic carbocycles. The number of hydrogen-bond acceptors (Lipinski definition) is 11. The normalized spacial score (nSPS) is 18.9. The summed E-state index contributed by atoms with van der Waals surface area (Å²) in [6.45, 7) is 3.16. The quantitative estimate of drug-likeness (QED) is 0.0850. The predicted molar refractivity (Wildman–Crippen MR) is 156 cm³/mol. The standard InChI is InChI=1S/C28H39NO9S2/c1-21-11-12-24(30)10-6-4-5-9-23-16-25(17-26(31)27(23)28(32)37-19-21)36-14-13-29-18-22(20-39-38-35-2)8-7-15-40(3,33)34/h5,8-9,11-12,16-17,21,29,31H,4,6-7,10,13-15,18-20H2,1-3H3/b9-5+,12-11-,22-8+/t21-/m1/s1. The number of carbonyl (C=O) groups excluding carboxylic acids is 2. The maximum Gasteiger partial charge on any atom is 0.342 e. The maximum absolute atomic E-state index is 12.8. The molecule has 1 aliphatic rings. The van der Waals surface area contributed by atoms with E-state index in [1.165, 1.54) is 25.5 Å². The molecular weight excluding hydrogens is 558 g/mol. The Labute approximate surface area is 240 Å².